The van der Waals surface area contributed by atoms with Crippen LogP contribution in [0.2, 0.25) is 0 Å². The minimum atomic E-state index is -0.440. The molecule has 0 bridgehead atoms. The van der Waals surface area contributed by atoms with Crippen LogP contribution in [0.1, 0.15) is 15.9 Å². The molecule has 0 unspecified atom stereocenters. The van der Waals surface area contributed by atoms with Gasteiger partial charge in [0.05, 0.1) is 12.7 Å². The Bertz CT molecular complexity index is 713. The van der Waals surface area contributed by atoms with Gasteiger partial charge in [-0.1, -0.05) is 22.0 Å². The van der Waals surface area contributed by atoms with Gasteiger partial charge < -0.3 is 14.8 Å². The largest absolute Gasteiger partial charge is 0.484 e. The normalized spacial score (nSPS) is 10.0. The molecule has 0 spiro atoms. The number of nitrogens with one attached hydrogen (secondary N) is 1. The second-order valence-corrected chi connectivity index (χ2v) is 5.68. The molecule has 1 amide bonds. The highest BCUT2D eigenvalue weighted by molar-refractivity contribution is 9.10. The van der Waals surface area contributed by atoms with Crippen molar-refractivity contribution in [3.05, 3.63) is 58.1 Å². The number of esters is 1. The predicted octanol–water partition coefficient (Wildman–Crippen LogP) is 3.56. The molecule has 120 valence electrons. The topological polar surface area (TPSA) is 64.6 Å². The maximum atomic E-state index is 12.0. The van der Waals surface area contributed by atoms with E-state index in [2.05, 4.69) is 21.2 Å². The molecule has 2 aromatic carbocycles. The smallest absolute Gasteiger partial charge is 0.338 e. The van der Waals surface area contributed by atoms with Crippen LogP contribution in [0, 0.1) is 6.92 Å². The van der Waals surface area contributed by atoms with E-state index in [0.29, 0.717) is 22.6 Å². The van der Waals surface area contributed by atoms with Crippen molar-refractivity contribution in [3.63, 3.8) is 0 Å². The summed E-state index contributed by atoms with van der Waals surface area (Å²) in [5.41, 5.74) is 1.62. The molecule has 0 saturated heterocycles. The van der Waals surface area contributed by atoms with Gasteiger partial charge in [0.15, 0.2) is 6.61 Å². The van der Waals surface area contributed by atoms with Gasteiger partial charge >= 0.3 is 5.97 Å². The third-order valence-electron chi connectivity index (χ3n) is 3.20. The summed E-state index contributed by atoms with van der Waals surface area (Å²) in [5.74, 6) is -0.147. The molecule has 23 heavy (non-hydrogen) atoms. The second-order valence-electron chi connectivity index (χ2n) is 4.76. The van der Waals surface area contributed by atoms with Crippen molar-refractivity contribution in [1.29, 1.82) is 0 Å². The highest BCUT2D eigenvalue weighted by Gasteiger charge is 2.13. The van der Waals surface area contributed by atoms with Gasteiger partial charge in [-0.3, -0.25) is 4.79 Å². The Balaban J connectivity index is 2.00. The number of methoxy groups -OCH3 is 1. The van der Waals surface area contributed by atoms with Gasteiger partial charge in [0, 0.05) is 10.2 Å². The van der Waals surface area contributed by atoms with E-state index in [-0.39, 0.29) is 12.5 Å². The van der Waals surface area contributed by atoms with Crippen molar-refractivity contribution in [2.24, 2.45) is 0 Å². The summed E-state index contributed by atoms with van der Waals surface area (Å²) in [6.45, 7) is 1.63. The zero-order chi connectivity index (χ0) is 16.8. The molecular formula is C17H16BrNO4. The zero-order valence-electron chi connectivity index (χ0n) is 12.8. The molecule has 0 aliphatic heterocycles. The van der Waals surface area contributed by atoms with Crippen LogP contribution < -0.4 is 10.1 Å². The Kier molecular flexibility index (Phi) is 5.76. The molecule has 0 saturated carbocycles. The molecule has 0 aliphatic carbocycles. The van der Waals surface area contributed by atoms with Gasteiger partial charge in [-0.25, -0.2) is 4.79 Å². The first-order valence-corrected chi connectivity index (χ1v) is 7.66. The second kappa shape index (κ2) is 7.78. The molecule has 0 aliphatic rings. The van der Waals surface area contributed by atoms with Crippen LogP contribution in [0.15, 0.2) is 46.9 Å². The fraction of sp³-hybridized carbons (Fsp3) is 0.176. The number of hydrogen-bond acceptors (Lipinski definition) is 4. The van der Waals surface area contributed by atoms with Crippen LogP contribution in [0.5, 0.6) is 5.75 Å². The molecule has 0 heterocycles. The van der Waals surface area contributed by atoms with E-state index in [1.807, 2.05) is 12.1 Å². The van der Waals surface area contributed by atoms with Gasteiger partial charge in [0.1, 0.15) is 5.75 Å². The van der Waals surface area contributed by atoms with E-state index < -0.39 is 5.97 Å². The number of rotatable bonds is 5. The summed E-state index contributed by atoms with van der Waals surface area (Å²) in [6, 6.07) is 12.2. The average Bonchev–Trinajstić information content (AvgIpc) is 2.55. The molecule has 6 heteroatoms. The van der Waals surface area contributed by atoms with Crippen LogP contribution >= 0.6 is 15.9 Å². The van der Waals surface area contributed by atoms with Crippen molar-refractivity contribution >= 4 is 33.5 Å². The zero-order valence-corrected chi connectivity index (χ0v) is 14.3. The lowest BCUT2D eigenvalue weighted by Crippen LogP contribution is -2.21. The molecule has 0 fully saturated rings. The molecule has 1 N–H and O–H groups in total. The summed E-state index contributed by atoms with van der Waals surface area (Å²) in [7, 11) is 1.32. The summed E-state index contributed by atoms with van der Waals surface area (Å²) in [6.07, 6.45) is 0. The first-order valence-electron chi connectivity index (χ1n) is 6.87. The van der Waals surface area contributed by atoms with Gasteiger partial charge in [-0.15, -0.1) is 0 Å². The van der Waals surface area contributed by atoms with Crippen molar-refractivity contribution in [1.82, 2.24) is 0 Å². The Morgan fingerprint density at radius 3 is 2.48 bits per heavy atom. The highest BCUT2D eigenvalue weighted by atomic mass is 79.9. The number of hydrogen-bond donors (Lipinski definition) is 1. The van der Waals surface area contributed by atoms with Crippen LogP contribution in [0.25, 0.3) is 0 Å². The number of anilines is 1. The fourth-order valence-electron chi connectivity index (χ4n) is 1.97. The number of ether oxygens (including phenoxy) is 2. The molecule has 0 atom stereocenters. The first kappa shape index (κ1) is 17.0. The maximum absolute atomic E-state index is 12.0. The SMILES string of the molecule is COC(=O)c1cccc(NC(=O)COc2ccc(Br)cc2)c1C. The lowest BCUT2D eigenvalue weighted by atomic mass is 10.1. The lowest BCUT2D eigenvalue weighted by Gasteiger charge is -2.12. The standard InChI is InChI=1S/C17H16BrNO4/c1-11-14(17(21)22-2)4-3-5-15(11)19-16(20)10-23-13-8-6-12(18)7-9-13/h3-9H,10H2,1-2H3,(H,19,20). The van der Waals surface area contributed by atoms with E-state index in [1.54, 1.807) is 37.3 Å². The molecular weight excluding hydrogens is 362 g/mol. The van der Waals surface area contributed by atoms with E-state index in [4.69, 9.17) is 9.47 Å². The Labute approximate surface area is 142 Å². The van der Waals surface area contributed by atoms with Gasteiger partial charge in [-0.2, -0.15) is 0 Å². The number of carbonyl (C=O) groups is 2. The van der Waals surface area contributed by atoms with E-state index in [0.717, 1.165) is 4.47 Å². The van der Waals surface area contributed by atoms with Crippen LogP contribution in [0.3, 0.4) is 0 Å². The lowest BCUT2D eigenvalue weighted by molar-refractivity contribution is -0.118. The molecule has 5 nitrogen and oxygen atoms in total. The van der Waals surface area contributed by atoms with Gasteiger partial charge in [-0.05, 0) is 48.9 Å². The summed E-state index contributed by atoms with van der Waals surface area (Å²) in [4.78, 5) is 23.6. The summed E-state index contributed by atoms with van der Waals surface area (Å²) in [5, 5.41) is 2.73. The van der Waals surface area contributed by atoms with Crippen LogP contribution in [0.4, 0.5) is 5.69 Å². The van der Waals surface area contributed by atoms with Crippen molar-refractivity contribution < 1.29 is 19.1 Å². The van der Waals surface area contributed by atoms with E-state index in [9.17, 15) is 9.59 Å². The third kappa shape index (κ3) is 4.56. The predicted molar refractivity (Wildman–Crippen MR) is 90.8 cm³/mol. The number of carbonyl (C=O) groups excluding carboxylic acids is 2. The third-order valence-corrected chi connectivity index (χ3v) is 3.73. The van der Waals surface area contributed by atoms with Crippen molar-refractivity contribution in [3.8, 4) is 5.75 Å². The Morgan fingerprint density at radius 2 is 1.83 bits per heavy atom. The molecule has 2 rings (SSSR count). The van der Waals surface area contributed by atoms with E-state index in [1.165, 1.54) is 7.11 Å². The average molecular weight is 378 g/mol. The quantitative estimate of drug-likeness (QED) is 0.809. The monoisotopic (exact) mass is 377 g/mol. The number of halogens is 1. The van der Waals surface area contributed by atoms with Crippen LogP contribution in [-0.2, 0) is 9.53 Å². The van der Waals surface area contributed by atoms with Gasteiger partial charge in [0.25, 0.3) is 5.91 Å². The Hall–Kier alpha value is -2.34. The Morgan fingerprint density at radius 1 is 1.13 bits per heavy atom. The van der Waals surface area contributed by atoms with E-state index >= 15 is 0 Å². The maximum Gasteiger partial charge on any atom is 0.338 e. The number of benzene rings is 2. The first-order chi connectivity index (χ1) is 11.0. The minimum Gasteiger partial charge on any atom is -0.484 e. The molecule has 2 aromatic rings. The number of amides is 1. The molecule has 0 aromatic heterocycles. The van der Waals surface area contributed by atoms with Crippen molar-refractivity contribution in [2.45, 2.75) is 6.92 Å². The molecule has 0 radical (unpaired) electrons. The highest BCUT2D eigenvalue weighted by Crippen LogP contribution is 2.20. The van der Waals surface area contributed by atoms with Crippen LogP contribution in [-0.4, -0.2) is 25.6 Å². The van der Waals surface area contributed by atoms with Crippen molar-refractivity contribution in [2.75, 3.05) is 19.0 Å². The summed E-state index contributed by atoms with van der Waals surface area (Å²) < 4.78 is 11.1. The summed E-state index contributed by atoms with van der Waals surface area (Å²) >= 11 is 3.33. The fourth-order valence-corrected chi connectivity index (χ4v) is 2.23. The van der Waals surface area contributed by atoms with Gasteiger partial charge in [0.2, 0.25) is 0 Å². The minimum absolute atomic E-state index is 0.122.